The van der Waals surface area contributed by atoms with Crippen molar-refractivity contribution in [3.05, 3.63) is 0 Å². The maximum absolute atomic E-state index is 2.26. The second-order valence-corrected chi connectivity index (χ2v) is 5.13. The Hall–Kier alpha value is 0.350. The lowest BCUT2D eigenvalue weighted by Gasteiger charge is -2.07. The average molecular weight is 140 g/mol. The highest BCUT2D eigenvalue weighted by atomic mass is 32.2. The minimum atomic E-state index is 0.889. The fourth-order valence-electron chi connectivity index (χ4n) is 2.03. The van der Waals surface area contributed by atoms with Crippen LogP contribution in [-0.4, -0.2) is 10.5 Å². The molecule has 0 N–H and O–H groups in total. The Kier molecular flexibility index (Phi) is 0.753. The van der Waals surface area contributed by atoms with Gasteiger partial charge in [0.05, 0.1) is 0 Å². The first-order valence-corrected chi connectivity index (χ1v) is 5.04. The van der Waals surface area contributed by atoms with E-state index in [-0.39, 0.29) is 0 Å². The van der Waals surface area contributed by atoms with Gasteiger partial charge in [-0.2, -0.15) is 11.8 Å². The molecule has 1 heterocycles. The van der Waals surface area contributed by atoms with Crippen molar-refractivity contribution < 1.29 is 0 Å². The van der Waals surface area contributed by atoms with Crippen molar-refractivity contribution in [1.29, 1.82) is 0 Å². The van der Waals surface area contributed by atoms with Crippen LogP contribution >= 0.6 is 11.8 Å². The van der Waals surface area contributed by atoms with Gasteiger partial charge < -0.3 is 0 Å². The van der Waals surface area contributed by atoms with Crippen LogP contribution in [0.2, 0.25) is 0 Å². The molecule has 3 rings (SSSR count). The van der Waals surface area contributed by atoms with Crippen LogP contribution in [0.15, 0.2) is 0 Å². The molecule has 1 heteroatoms. The van der Waals surface area contributed by atoms with E-state index in [1.54, 1.807) is 25.7 Å². The molecule has 0 aromatic rings. The van der Waals surface area contributed by atoms with Gasteiger partial charge in [-0.3, -0.25) is 0 Å². The molecule has 0 aromatic carbocycles. The molecular weight excluding hydrogens is 128 g/mol. The molecule has 50 valence electrons. The molecule has 0 unspecified atom stereocenters. The summed E-state index contributed by atoms with van der Waals surface area (Å²) in [5.74, 6) is 3.87. The van der Waals surface area contributed by atoms with Gasteiger partial charge in [0, 0.05) is 10.5 Å². The van der Waals surface area contributed by atoms with Crippen LogP contribution in [0.5, 0.6) is 0 Å². The number of rotatable bonds is 2. The third-order valence-corrected chi connectivity index (χ3v) is 4.64. The largest absolute Gasteiger partial charge is 0.152 e. The maximum Gasteiger partial charge on any atom is 0.0307 e. The summed E-state index contributed by atoms with van der Waals surface area (Å²) in [6, 6.07) is 0. The molecule has 0 radical (unpaired) electrons. The van der Waals surface area contributed by atoms with Crippen LogP contribution in [-0.2, 0) is 0 Å². The van der Waals surface area contributed by atoms with Crippen LogP contribution in [0.1, 0.15) is 25.7 Å². The van der Waals surface area contributed by atoms with E-state index in [9.17, 15) is 0 Å². The Bertz CT molecular complexity index is 127. The van der Waals surface area contributed by atoms with Gasteiger partial charge in [0.15, 0.2) is 0 Å². The summed E-state index contributed by atoms with van der Waals surface area (Å²) in [7, 11) is 0. The number of hydrogen-bond donors (Lipinski definition) is 0. The first-order valence-electron chi connectivity index (χ1n) is 4.06. The lowest BCUT2D eigenvalue weighted by Crippen LogP contribution is -2.13. The molecule has 1 saturated heterocycles. The highest BCUT2D eigenvalue weighted by Crippen LogP contribution is 2.68. The van der Waals surface area contributed by atoms with Crippen LogP contribution in [0.25, 0.3) is 0 Å². The van der Waals surface area contributed by atoms with E-state index in [1.165, 1.54) is 17.6 Å². The third kappa shape index (κ3) is 0.618. The van der Waals surface area contributed by atoms with Gasteiger partial charge in [0.1, 0.15) is 0 Å². The van der Waals surface area contributed by atoms with Gasteiger partial charge in [0.25, 0.3) is 0 Å². The van der Waals surface area contributed by atoms with E-state index >= 15 is 0 Å². The SMILES string of the molecule is C1CC1C1(C2CC2)CS1. The van der Waals surface area contributed by atoms with Gasteiger partial charge in [-0.05, 0) is 37.5 Å². The summed E-state index contributed by atoms with van der Waals surface area (Å²) < 4.78 is 0.889. The highest BCUT2D eigenvalue weighted by Gasteiger charge is 2.62. The first-order chi connectivity index (χ1) is 4.42. The first kappa shape index (κ1) is 5.06. The molecule has 0 amide bonds. The second-order valence-electron chi connectivity index (χ2n) is 3.79. The van der Waals surface area contributed by atoms with E-state index in [4.69, 9.17) is 0 Å². The van der Waals surface area contributed by atoms with Crippen molar-refractivity contribution in [1.82, 2.24) is 0 Å². The molecule has 3 fully saturated rings. The quantitative estimate of drug-likeness (QED) is 0.530. The predicted octanol–water partition coefficient (Wildman–Crippen LogP) is 2.29. The number of thioether (sulfide) groups is 1. The van der Waals surface area contributed by atoms with Crippen molar-refractivity contribution in [2.24, 2.45) is 11.8 Å². The lowest BCUT2D eigenvalue weighted by molar-refractivity contribution is 0.559. The minimum absolute atomic E-state index is 0.889. The zero-order valence-corrected chi connectivity index (χ0v) is 6.41. The summed E-state index contributed by atoms with van der Waals surface area (Å²) in [5, 5.41) is 0. The Morgan fingerprint density at radius 2 is 1.44 bits per heavy atom. The van der Waals surface area contributed by atoms with Gasteiger partial charge in [-0.1, -0.05) is 0 Å². The molecule has 0 aromatic heterocycles. The Balaban J connectivity index is 1.82. The summed E-state index contributed by atoms with van der Waals surface area (Å²) >= 11 is 2.26. The summed E-state index contributed by atoms with van der Waals surface area (Å²) in [6.07, 6.45) is 6.24. The van der Waals surface area contributed by atoms with Crippen molar-refractivity contribution in [2.45, 2.75) is 30.4 Å². The van der Waals surface area contributed by atoms with Gasteiger partial charge in [-0.15, -0.1) is 0 Å². The van der Waals surface area contributed by atoms with E-state index < -0.39 is 0 Å². The average Bonchev–Trinajstić information content (AvgIpc) is 2.67. The molecule has 0 bridgehead atoms. The van der Waals surface area contributed by atoms with Crippen LogP contribution in [0.4, 0.5) is 0 Å². The molecule has 1 aliphatic heterocycles. The maximum atomic E-state index is 2.26. The molecule has 0 nitrogen and oxygen atoms in total. The van der Waals surface area contributed by atoms with Crippen LogP contribution in [0, 0.1) is 11.8 Å². The number of hydrogen-bond acceptors (Lipinski definition) is 1. The van der Waals surface area contributed by atoms with Gasteiger partial charge in [0.2, 0.25) is 0 Å². The Morgan fingerprint density at radius 3 is 1.67 bits per heavy atom. The Labute approximate surface area is 60.4 Å². The normalized spacial score (nSPS) is 38.7. The molecule has 0 atom stereocenters. The van der Waals surface area contributed by atoms with Crippen molar-refractivity contribution in [2.75, 3.05) is 5.75 Å². The van der Waals surface area contributed by atoms with Crippen molar-refractivity contribution in [3.8, 4) is 0 Å². The summed E-state index contributed by atoms with van der Waals surface area (Å²) in [4.78, 5) is 0. The molecule has 3 aliphatic rings. The molecule has 0 spiro atoms. The Morgan fingerprint density at radius 1 is 1.00 bits per heavy atom. The third-order valence-electron chi connectivity index (χ3n) is 3.01. The van der Waals surface area contributed by atoms with Crippen molar-refractivity contribution in [3.63, 3.8) is 0 Å². The highest BCUT2D eigenvalue weighted by molar-refractivity contribution is 8.07. The van der Waals surface area contributed by atoms with Gasteiger partial charge in [-0.25, -0.2) is 0 Å². The second kappa shape index (κ2) is 1.34. The summed E-state index contributed by atoms with van der Waals surface area (Å²) in [5.41, 5.74) is 0. The zero-order chi connectivity index (χ0) is 5.90. The van der Waals surface area contributed by atoms with E-state index in [0.717, 1.165) is 4.75 Å². The van der Waals surface area contributed by atoms with E-state index in [1.807, 2.05) is 0 Å². The predicted molar refractivity (Wildman–Crippen MR) is 40.6 cm³/mol. The monoisotopic (exact) mass is 140 g/mol. The van der Waals surface area contributed by atoms with E-state index in [2.05, 4.69) is 11.8 Å². The fourth-order valence-corrected chi connectivity index (χ4v) is 3.61. The van der Waals surface area contributed by atoms with Crippen LogP contribution < -0.4 is 0 Å². The zero-order valence-electron chi connectivity index (χ0n) is 5.60. The molecule has 2 aliphatic carbocycles. The molecule has 9 heavy (non-hydrogen) atoms. The topological polar surface area (TPSA) is 0 Å². The minimum Gasteiger partial charge on any atom is -0.152 e. The molecule has 2 saturated carbocycles. The van der Waals surface area contributed by atoms with E-state index in [0.29, 0.717) is 0 Å². The molecular formula is C8H12S. The standard InChI is InChI=1S/C8H12S/c1-2-6(1)8(5-9-8)7-3-4-7/h6-7H,1-5H2. The van der Waals surface area contributed by atoms with Gasteiger partial charge >= 0.3 is 0 Å². The lowest BCUT2D eigenvalue weighted by atomic mass is 10.0. The van der Waals surface area contributed by atoms with Crippen molar-refractivity contribution >= 4 is 11.8 Å². The fraction of sp³-hybridized carbons (Fsp3) is 1.00. The smallest absolute Gasteiger partial charge is 0.0307 e. The van der Waals surface area contributed by atoms with Crippen LogP contribution in [0.3, 0.4) is 0 Å². The summed E-state index contributed by atoms with van der Waals surface area (Å²) in [6.45, 7) is 0.